The van der Waals surface area contributed by atoms with Crippen molar-refractivity contribution < 1.29 is 13.0 Å². The lowest BCUT2D eigenvalue weighted by atomic mass is 9.83. The van der Waals surface area contributed by atoms with Crippen LogP contribution in [0.15, 0.2) is 0 Å². The predicted octanol–water partition coefficient (Wildman–Crippen LogP) is 1.84. The van der Waals surface area contributed by atoms with Gasteiger partial charge in [-0.2, -0.15) is 8.42 Å². The van der Waals surface area contributed by atoms with Crippen molar-refractivity contribution in [2.45, 2.75) is 44.3 Å². The summed E-state index contributed by atoms with van der Waals surface area (Å²) in [5, 5.41) is 0. The topological polar surface area (TPSA) is 54.4 Å². The van der Waals surface area contributed by atoms with Crippen molar-refractivity contribution >= 4 is 10.1 Å². The molecule has 3 nitrogen and oxygen atoms in total. The zero-order valence-electron chi connectivity index (χ0n) is 7.58. The third-order valence-corrected chi connectivity index (χ3v) is 4.61. The van der Waals surface area contributed by atoms with Gasteiger partial charge in [0.2, 0.25) is 0 Å². The average Bonchev–Trinajstić information content (AvgIpc) is 1.93. The van der Waals surface area contributed by atoms with E-state index in [1.165, 1.54) is 0 Å². The van der Waals surface area contributed by atoms with Gasteiger partial charge in [0.05, 0.1) is 4.75 Å². The summed E-state index contributed by atoms with van der Waals surface area (Å²) in [7, 11) is -3.85. The summed E-state index contributed by atoms with van der Waals surface area (Å²) < 4.78 is 30.0. The highest BCUT2D eigenvalue weighted by atomic mass is 32.2. The molecular weight excluding hydrogens is 176 g/mol. The SMILES string of the molecule is CC1CCC(C)(S(=O)(=O)O)CC1. The van der Waals surface area contributed by atoms with Gasteiger partial charge < -0.3 is 0 Å². The zero-order valence-corrected chi connectivity index (χ0v) is 8.39. The zero-order chi connectivity index (χ0) is 9.41. The van der Waals surface area contributed by atoms with Gasteiger partial charge in [0.1, 0.15) is 0 Å². The van der Waals surface area contributed by atoms with E-state index < -0.39 is 14.9 Å². The molecule has 0 aromatic rings. The van der Waals surface area contributed by atoms with Gasteiger partial charge in [-0.3, -0.25) is 4.55 Å². The second-order valence-electron chi connectivity index (χ2n) is 4.11. The van der Waals surface area contributed by atoms with Crippen molar-refractivity contribution in [3.8, 4) is 0 Å². The van der Waals surface area contributed by atoms with Crippen LogP contribution in [0.4, 0.5) is 0 Å². The summed E-state index contributed by atoms with van der Waals surface area (Å²) in [5.74, 6) is 0.597. The van der Waals surface area contributed by atoms with E-state index in [-0.39, 0.29) is 0 Å². The molecule has 0 amide bonds. The Hall–Kier alpha value is -0.0900. The summed E-state index contributed by atoms with van der Waals surface area (Å²) in [6.45, 7) is 3.75. The van der Waals surface area contributed by atoms with Crippen molar-refractivity contribution in [1.29, 1.82) is 0 Å². The Morgan fingerprint density at radius 2 is 1.75 bits per heavy atom. The van der Waals surface area contributed by atoms with Gasteiger partial charge in [0, 0.05) is 0 Å². The highest BCUT2D eigenvalue weighted by Gasteiger charge is 2.40. The van der Waals surface area contributed by atoms with E-state index in [0.717, 1.165) is 12.8 Å². The minimum absolute atomic E-state index is 0.590. The lowest BCUT2D eigenvalue weighted by Gasteiger charge is -2.33. The van der Waals surface area contributed by atoms with Crippen LogP contribution in [-0.4, -0.2) is 17.7 Å². The Morgan fingerprint density at radius 3 is 2.08 bits per heavy atom. The molecule has 72 valence electrons. The number of rotatable bonds is 1. The van der Waals surface area contributed by atoms with E-state index >= 15 is 0 Å². The van der Waals surface area contributed by atoms with Crippen molar-refractivity contribution in [3.05, 3.63) is 0 Å². The fourth-order valence-corrected chi connectivity index (χ4v) is 2.38. The molecule has 0 saturated heterocycles. The van der Waals surface area contributed by atoms with Gasteiger partial charge in [-0.05, 0) is 38.5 Å². The molecule has 0 aliphatic heterocycles. The first kappa shape index (κ1) is 9.99. The molecule has 12 heavy (non-hydrogen) atoms. The largest absolute Gasteiger partial charge is 0.285 e. The van der Waals surface area contributed by atoms with Crippen LogP contribution in [0.1, 0.15) is 39.5 Å². The van der Waals surface area contributed by atoms with Gasteiger partial charge in [-0.25, -0.2) is 0 Å². The Morgan fingerprint density at radius 1 is 1.33 bits per heavy atom. The third-order valence-electron chi connectivity index (χ3n) is 2.95. The molecule has 0 atom stereocenters. The molecule has 1 rings (SSSR count). The van der Waals surface area contributed by atoms with Crippen molar-refractivity contribution in [3.63, 3.8) is 0 Å². The lowest BCUT2D eigenvalue weighted by Crippen LogP contribution is -2.38. The molecule has 0 bridgehead atoms. The molecule has 1 aliphatic carbocycles. The Bertz CT molecular complexity index is 247. The predicted molar refractivity (Wildman–Crippen MR) is 47.6 cm³/mol. The van der Waals surface area contributed by atoms with E-state index in [9.17, 15) is 8.42 Å². The molecule has 1 saturated carbocycles. The van der Waals surface area contributed by atoms with Gasteiger partial charge in [-0.1, -0.05) is 6.92 Å². The smallest absolute Gasteiger partial charge is 0.270 e. The molecule has 4 heteroatoms. The van der Waals surface area contributed by atoms with E-state index in [1.807, 2.05) is 0 Å². The molecule has 0 unspecified atom stereocenters. The van der Waals surface area contributed by atoms with Crippen molar-refractivity contribution in [1.82, 2.24) is 0 Å². The van der Waals surface area contributed by atoms with Gasteiger partial charge in [0.25, 0.3) is 10.1 Å². The number of hydrogen-bond acceptors (Lipinski definition) is 2. The first-order valence-electron chi connectivity index (χ1n) is 4.32. The van der Waals surface area contributed by atoms with Crippen LogP contribution in [0.5, 0.6) is 0 Å². The normalized spacial score (nSPS) is 38.1. The number of hydrogen-bond donors (Lipinski definition) is 1. The first-order valence-corrected chi connectivity index (χ1v) is 5.76. The van der Waals surface area contributed by atoms with Gasteiger partial charge in [-0.15, -0.1) is 0 Å². The third kappa shape index (κ3) is 1.80. The summed E-state index contributed by atoms with van der Waals surface area (Å²) >= 11 is 0. The second kappa shape index (κ2) is 3.00. The summed E-state index contributed by atoms with van der Waals surface area (Å²) in [4.78, 5) is 0. The van der Waals surface area contributed by atoms with Gasteiger partial charge >= 0.3 is 0 Å². The Labute approximate surface area is 73.9 Å². The van der Waals surface area contributed by atoms with Crippen LogP contribution in [0, 0.1) is 5.92 Å². The minimum Gasteiger partial charge on any atom is -0.285 e. The van der Waals surface area contributed by atoms with Crippen LogP contribution in [0.3, 0.4) is 0 Å². The van der Waals surface area contributed by atoms with Crippen molar-refractivity contribution in [2.24, 2.45) is 5.92 Å². The second-order valence-corrected chi connectivity index (χ2v) is 6.04. The summed E-state index contributed by atoms with van der Waals surface area (Å²) in [6, 6.07) is 0. The van der Waals surface area contributed by atoms with E-state index in [2.05, 4.69) is 6.92 Å². The molecular formula is C8H16O3S. The van der Waals surface area contributed by atoms with Crippen LogP contribution in [-0.2, 0) is 10.1 Å². The lowest BCUT2D eigenvalue weighted by molar-refractivity contribution is 0.302. The molecule has 1 fully saturated rings. The molecule has 0 radical (unpaired) electrons. The molecule has 0 aromatic carbocycles. The molecule has 1 N–H and O–H groups in total. The molecule has 0 heterocycles. The van der Waals surface area contributed by atoms with Crippen LogP contribution < -0.4 is 0 Å². The highest BCUT2D eigenvalue weighted by molar-refractivity contribution is 7.87. The Kier molecular flexibility index (Phi) is 2.50. The fraction of sp³-hybridized carbons (Fsp3) is 1.00. The maximum Gasteiger partial charge on any atom is 0.270 e. The van der Waals surface area contributed by atoms with E-state index in [0.29, 0.717) is 18.8 Å². The van der Waals surface area contributed by atoms with Crippen molar-refractivity contribution in [2.75, 3.05) is 0 Å². The van der Waals surface area contributed by atoms with E-state index in [1.54, 1.807) is 6.92 Å². The Balaban J connectivity index is 2.76. The van der Waals surface area contributed by atoms with Gasteiger partial charge in [0.15, 0.2) is 0 Å². The fourth-order valence-electron chi connectivity index (χ4n) is 1.63. The summed E-state index contributed by atoms with van der Waals surface area (Å²) in [6.07, 6.45) is 2.98. The van der Waals surface area contributed by atoms with Crippen LogP contribution >= 0.6 is 0 Å². The minimum atomic E-state index is -3.85. The van der Waals surface area contributed by atoms with Crippen LogP contribution in [0.25, 0.3) is 0 Å². The highest BCUT2D eigenvalue weighted by Crippen LogP contribution is 2.36. The quantitative estimate of drug-likeness (QED) is 0.645. The first-order chi connectivity index (χ1) is 5.35. The summed E-state index contributed by atoms with van der Waals surface area (Å²) in [5.41, 5.74) is 0. The molecule has 0 aromatic heterocycles. The van der Waals surface area contributed by atoms with Crippen LogP contribution in [0.2, 0.25) is 0 Å². The average molecular weight is 192 g/mol. The molecule has 0 spiro atoms. The maximum absolute atomic E-state index is 11.0. The standard InChI is InChI=1S/C8H16O3S/c1-7-3-5-8(2,6-4-7)12(9,10)11/h7H,3-6H2,1-2H3,(H,9,10,11). The molecule has 1 aliphatic rings. The monoisotopic (exact) mass is 192 g/mol. The van der Waals surface area contributed by atoms with E-state index in [4.69, 9.17) is 4.55 Å². The maximum atomic E-state index is 11.0.